The van der Waals surface area contributed by atoms with Gasteiger partial charge in [-0.15, -0.1) is 22.1 Å². The van der Waals surface area contributed by atoms with Gasteiger partial charge in [-0.25, -0.2) is 9.97 Å². The van der Waals surface area contributed by atoms with Crippen LogP contribution >= 0.6 is 0 Å². The Bertz CT molecular complexity index is 2710. The number of aromatic nitrogens is 4. The van der Waals surface area contributed by atoms with E-state index in [9.17, 15) is 0 Å². The summed E-state index contributed by atoms with van der Waals surface area (Å²) in [5.41, 5.74) is 20.3. The molecule has 330 valence electrons. The molecule has 2 aliphatic rings. The molecule has 5 heteroatoms. The largest absolute Gasteiger partial charge is 2.00 e. The van der Waals surface area contributed by atoms with Crippen molar-refractivity contribution in [3.63, 3.8) is 0 Å². The molecule has 0 N–H and O–H groups in total. The van der Waals surface area contributed by atoms with E-state index in [1.807, 2.05) is 0 Å². The zero-order chi connectivity index (χ0) is 45.3. The van der Waals surface area contributed by atoms with Crippen molar-refractivity contribution in [3.05, 3.63) is 166 Å². The van der Waals surface area contributed by atoms with E-state index >= 15 is 0 Å². The molecule has 65 heavy (non-hydrogen) atoms. The van der Waals surface area contributed by atoms with Gasteiger partial charge in [-0.2, -0.15) is 0 Å². The SMILES string of the molecule is CC(C)(C)c1ccc(-c2c3nc(c(-c4ccc(C(C)(C)C)cc4)c4ccc([n-]4)c(-c4ccc(C(C)(C)C)cc4)c4nc(c(-c5ccc(C(C)(C)C)cc5)c5ccc2[n-]5)C=C4)C=C3)cc1.[Pt+2]. The second-order valence-electron chi connectivity index (χ2n) is 21.7. The van der Waals surface area contributed by atoms with Crippen LogP contribution in [0, 0.1) is 0 Å². The van der Waals surface area contributed by atoms with Gasteiger partial charge in [0.1, 0.15) is 0 Å². The first-order valence-electron chi connectivity index (χ1n) is 22.7. The Morgan fingerprint density at radius 1 is 0.277 bits per heavy atom. The van der Waals surface area contributed by atoms with Crippen LogP contribution in [0.3, 0.4) is 0 Å². The summed E-state index contributed by atoms with van der Waals surface area (Å²) in [5.74, 6) is 0. The molecule has 0 saturated carbocycles. The van der Waals surface area contributed by atoms with Crippen LogP contribution in [0.5, 0.6) is 0 Å². The second-order valence-corrected chi connectivity index (χ2v) is 21.7. The number of hydrogen-bond acceptors (Lipinski definition) is 2. The molecule has 9 rings (SSSR count). The fourth-order valence-corrected chi connectivity index (χ4v) is 8.82. The number of fused-ring (bicyclic) bond motifs is 8. The fraction of sp³-hybridized carbons (Fsp3) is 0.267. The van der Waals surface area contributed by atoms with Gasteiger partial charge in [0.2, 0.25) is 0 Å². The van der Waals surface area contributed by atoms with E-state index in [1.165, 1.54) is 22.3 Å². The molecule has 0 amide bonds. The number of hydrogen-bond donors (Lipinski definition) is 0. The Morgan fingerprint density at radius 3 is 0.631 bits per heavy atom. The maximum absolute atomic E-state index is 5.52. The van der Waals surface area contributed by atoms with Crippen LogP contribution in [0.2, 0.25) is 0 Å². The van der Waals surface area contributed by atoms with Gasteiger partial charge in [0, 0.05) is 0 Å². The Kier molecular flexibility index (Phi) is 11.9. The van der Waals surface area contributed by atoms with Crippen molar-refractivity contribution in [1.82, 2.24) is 19.9 Å². The normalized spacial score (nSPS) is 13.0. The third-order valence-electron chi connectivity index (χ3n) is 12.8. The molecule has 4 nitrogen and oxygen atoms in total. The Hall–Kier alpha value is -5.83. The molecule has 0 saturated heterocycles. The van der Waals surface area contributed by atoms with Crippen molar-refractivity contribution in [2.75, 3.05) is 0 Å². The van der Waals surface area contributed by atoms with Crippen LogP contribution in [0.15, 0.2) is 121 Å². The molecule has 2 aliphatic heterocycles. The van der Waals surface area contributed by atoms with Gasteiger partial charge in [-0.05, 0) is 113 Å². The molecular weight excluding hydrogens is 972 g/mol. The summed E-state index contributed by atoms with van der Waals surface area (Å²) in [7, 11) is 0. The van der Waals surface area contributed by atoms with Gasteiger partial charge in [-0.1, -0.05) is 204 Å². The summed E-state index contributed by atoms with van der Waals surface area (Å²) in [4.78, 5) is 22.1. The first-order chi connectivity index (χ1) is 30.2. The first-order valence-corrected chi connectivity index (χ1v) is 22.7. The van der Waals surface area contributed by atoms with Crippen molar-refractivity contribution in [2.45, 2.75) is 105 Å². The summed E-state index contributed by atoms with van der Waals surface area (Å²) < 4.78 is 0. The minimum absolute atomic E-state index is 0. The molecule has 5 heterocycles. The number of rotatable bonds is 4. The van der Waals surface area contributed by atoms with Crippen LogP contribution in [0.25, 0.3) is 90.9 Å². The van der Waals surface area contributed by atoms with Gasteiger partial charge in [0.15, 0.2) is 0 Å². The predicted octanol–water partition coefficient (Wildman–Crippen LogP) is 15.8. The van der Waals surface area contributed by atoms with Gasteiger partial charge >= 0.3 is 21.1 Å². The topological polar surface area (TPSA) is 54.0 Å². The van der Waals surface area contributed by atoms with Gasteiger partial charge < -0.3 is 9.97 Å². The van der Waals surface area contributed by atoms with E-state index in [0.717, 1.165) is 89.4 Å². The summed E-state index contributed by atoms with van der Waals surface area (Å²) in [6.07, 6.45) is 8.60. The molecule has 0 aliphatic carbocycles. The molecule has 8 bridgehead atoms. The van der Waals surface area contributed by atoms with Crippen LogP contribution < -0.4 is 9.97 Å². The first kappa shape index (κ1) is 45.7. The van der Waals surface area contributed by atoms with Crippen LogP contribution in [-0.2, 0) is 42.7 Å². The molecule has 0 atom stereocenters. The van der Waals surface area contributed by atoms with E-state index in [2.05, 4.69) is 229 Å². The van der Waals surface area contributed by atoms with Gasteiger partial charge in [-0.3, -0.25) is 0 Å². The van der Waals surface area contributed by atoms with Crippen LogP contribution in [0.4, 0.5) is 0 Å². The minimum atomic E-state index is 0. The van der Waals surface area contributed by atoms with Gasteiger partial charge in [0.25, 0.3) is 0 Å². The van der Waals surface area contributed by atoms with Crippen molar-refractivity contribution >= 4 is 46.4 Å². The maximum atomic E-state index is 5.52. The van der Waals surface area contributed by atoms with E-state index < -0.39 is 0 Å². The smallest absolute Gasteiger partial charge is 0.657 e. The average Bonchev–Trinajstić information content (AvgIpc) is 4.08. The van der Waals surface area contributed by atoms with E-state index in [-0.39, 0.29) is 42.7 Å². The van der Waals surface area contributed by atoms with E-state index in [0.29, 0.717) is 0 Å². The van der Waals surface area contributed by atoms with Gasteiger partial charge in [0.05, 0.1) is 22.8 Å². The molecular formula is C60H60N4Pt. The van der Waals surface area contributed by atoms with Crippen molar-refractivity contribution in [3.8, 4) is 44.5 Å². The summed E-state index contributed by atoms with van der Waals surface area (Å²) in [5, 5.41) is 0. The summed E-state index contributed by atoms with van der Waals surface area (Å²) in [6, 6.07) is 44.4. The van der Waals surface area contributed by atoms with E-state index in [1.54, 1.807) is 0 Å². The van der Waals surface area contributed by atoms with Crippen molar-refractivity contribution in [1.29, 1.82) is 0 Å². The molecule has 0 radical (unpaired) electrons. The number of nitrogens with zero attached hydrogens (tertiary/aromatic N) is 4. The zero-order valence-corrected chi connectivity index (χ0v) is 42.2. The Morgan fingerprint density at radius 2 is 0.462 bits per heavy atom. The van der Waals surface area contributed by atoms with Crippen molar-refractivity contribution < 1.29 is 21.1 Å². The Labute approximate surface area is 400 Å². The third-order valence-corrected chi connectivity index (χ3v) is 12.8. The molecule has 0 unspecified atom stereocenters. The quantitative estimate of drug-likeness (QED) is 0.176. The van der Waals surface area contributed by atoms with E-state index in [4.69, 9.17) is 19.9 Å². The summed E-state index contributed by atoms with van der Waals surface area (Å²) >= 11 is 0. The second kappa shape index (κ2) is 16.9. The third kappa shape index (κ3) is 9.08. The fourth-order valence-electron chi connectivity index (χ4n) is 8.82. The Balaban J connectivity index is 0.00000576. The average molecular weight is 1030 g/mol. The summed E-state index contributed by atoms with van der Waals surface area (Å²) in [6.45, 7) is 27.0. The predicted molar refractivity (Wildman–Crippen MR) is 273 cm³/mol. The molecule has 3 aromatic heterocycles. The van der Waals surface area contributed by atoms with Crippen LogP contribution in [-0.4, -0.2) is 9.97 Å². The molecule has 4 aromatic carbocycles. The minimum Gasteiger partial charge on any atom is -0.657 e. The number of benzene rings is 4. The molecule has 0 spiro atoms. The van der Waals surface area contributed by atoms with Crippen molar-refractivity contribution in [2.24, 2.45) is 0 Å². The molecule has 0 fully saturated rings. The van der Waals surface area contributed by atoms with Crippen LogP contribution in [0.1, 0.15) is 128 Å². The zero-order valence-electron chi connectivity index (χ0n) is 40.0. The monoisotopic (exact) mass is 1030 g/mol. The standard InChI is InChI=1S/C60H60N4.Pt/c1-57(2,3)41-21-13-37(14-22-41)53-45-29-31-47(61-45)54(38-15-23-42(24-16-38)58(4,5)6)49-33-35-51(63-49)56(40-19-27-44(28-20-40)60(10,11)12)52-36-34-50(64-52)55(48-32-30-46(53)62-48)39-17-25-43(26-18-39)59(7,8)9;/h13-36H,1-12H3;/q-2;+2. The maximum Gasteiger partial charge on any atom is 2.00 e. The molecule has 7 aromatic rings.